The fraction of sp³-hybridized carbons (Fsp3) is 0.310. The smallest absolute Gasteiger partial charge is 0.409 e. The zero-order valence-corrected chi connectivity index (χ0v) is 24.6. The van der Waals surface area contributed by atoms with Crippen LogP contribution in [0.25, 0.3) is 10.6 Å². The fourth-order valence-electron chi connectivity index (χ4n) is 4.93. The van der Waals surface area contributed by atoms with Gasteiger partial charge in [-0.25, -0.2) is 18.6 Å². The summed E-state index contributed by atoms with van der Waals surface area (Å²) >= 11 is 0.631. The molecule has 0 radical (unpaired) electrons. The molecule has 15 heteroatoms. The van der Waals surface area contributed by atoms with Gasteiger partial charge < -0.3 is 29.9 Å². The number of carbonyl (C=O) groups excluding carboxylic acids is 1. The molecular weight excluding hydrogens is 598 g/mol. The molecule has 1 aliphatic rings. The van der Waals surface area contributed by atoms with Crippen molar-refractivity contribution in [1.82, 2.24) is 14.8 Å². The zero-order valence-electron chi connectivity index (χ0n) is 23.8. The van der Waals surface area contributed by atoms with Crippen LogP contribution in [0.5, 0.6) is 5.75 Å². The summed E-state index contributed by atoms with van der Waals surface area (Å²) in [5, 5.41) is 28.8. The number of hydrogen-bond acceptors (Lipinski definition) is 9. The Balaban J connectivity index is 1.32. The monoisotopic (exact) mass is 628 g/mol. The predicted octanol–water partition coefficient (Wildman–Crippen LogP) is 4.72. The number of anilines is 3. The number of thiazole rings is 1. The van der Waals surface area contributed by atoms with Crippen molar-refractivity contribution < 1.29 is 38.1 Å². The number of carbonyl (C=O) groups is 2. The Morgan fingerprint density at radius 2 is 1.80 bits per heavy atom. The lowest BCUT2D eigenvalue weighted by molar-refractivity contribution is -0.0461. The fourth-order valence-corrected chi connectivity index (χ4v) is 5.93. The molecule has 2 atom stereocenters. The standard InChI is InChI=1S/C29H30F2N6O6S/c1-36-28(37-12-10-21(38)22(11-13-37)43-15-16-6-8-17(42-2)9-7-16)20(14-32-36)33-25(39)24-27(35-29(40)41)44-26(34-24)23-18(30)4-3-5-19(23)31/h3-9,14,21-22,35,38H,10-13,15H2,1-2H3,(H,33,39)(H,40,41). The molecule has 2 aromatic heterocycles. The van der Waals surface area contributed by atoms with Gasteiger partial charge in [-0.2, -0.15) is 5.10 Å². The second-order valence-electron chi connectivity index (χ2n) is 10.0. The summed E-state index contributed by atoms with van der Waals surface area (Å²) in [6.45, 7) is 1.23. The molecule has 2 aromatic carbocycles. The van der Waals surface area contributed by atoms with Crippen molar-refractivity contribution >= 4 is 39.8 Å². The van der Waals surface area contributed by atoms with E-state index in [0.29, 0.717) is 55.4 Å². The number of aliphatic hydroxyl groups is 1. The Bertz CT molecular complexity index is 1630. The summed E-state index contributed by atoms with van der Waals surface area (Å²) in [6, 6.07) is 10.7. The van der Waals surface area contributed by atoms with Gasteiger partial charge in [-0.15, -0.1) is 0 Å². The average molecular weight is 629 g/mol. The van der Waals surface area contributed by atoms with Crippen LogP contribution in [0, 0.1) is 11.6 Å². The number of rotatable bonds is 9. The van der Waals surface area contributed by atoms with Gasteiger partial charge in [0.1, 0.15) is 33.1 Å². The van der Waals surface area contributed by atoms with Crippen molar-refractivity contribution in [2.75, 3.05) is 35.7 Å². The third-order valence-electron chi connectivity index (χ3n) is 7.13. The van der Waals surface area contributed by atoms with Gasteiger partial charge in [0, 0.05) is 20.1 Å². The lowest BCUT2D eigenvalue weighted by atomic mass is 10.1. The predicted molar refractivity (Wildman–Crippen MR) is 159 cm³/mol. The van der Waals surface area contributed by atoms with Crippen LogP contribution in [0.2, 0.25) is 0 Å². The first kappa shape index (κ1) is 30.8. The molecule has 1 saturated heterocycles. The Labute approximate surface area is 254 Å². The van der Waals surface area contributed by atoms with E-state index in [2.05, 4.69) is 20.7 Å². The quantitative estimate of drug-likeness (QED) is 0.206. The van der Waals surface area contributed by atoms with Crippen LogP contribution in [0.15, 0.2) is 48.7 Å². The first-order valence-electron chi connectivity index (χ1n) is 13.6. The number of ether oxygens (including phenoxy) is 2. The summed E-state index contributed by atoms with van der Waals surface area (Å²) in [6.07, 6.45) is -0.307. The molecule has 0 spiro atoms. The van der Waals surface area contributed by atoms with Gasteiger partial charge in [-0.3, -0.25) is 14.8 Å². The summed E-state index contributed by atoms with van der Waals surface area (Å²) in [4.78, 5) is 30.9. The second-order valence-corrected chi connectivity index (χ2v) is 11.0. The molecule has 1 aliphatic heterocycles. The van der Waals surface area contributed by atoms with E-state index in [1.165, 1.54) is 12.3 Å². The number of methoxy groups -OCH3 is 1. The van der Waals surface area contributed by atoms with Gasteiger partial charge in [-0.05, 0) is 42.7 Å². The van der Waals surface area contributed by atoms with Crippen LogP contribution >= 0.6 is 11.3 Å². The normalized spacial score (nSPS) is 16.8. The first-order valence-corrected chi connectivity index (χ1v) is 14.4. The number of nitrogens with zero attached hydrogens (tertiary/aromatic N) is 4. The van der Waals surface area contributed by atoms with Crippen molar-refractivity contribution in [3.63, 3.8) is 0 Å². The van der Waals surface area contributed by atoms with Gasteiger partial charge in [-0.1, -0.05) is 29.5 Å². The van der Waals surface area contributed by atoms with Crippen LogP contribution in [0.3, 0.4) is 0 Å². The number of amides is 2. The Hall–Kier alpha value is -4.60. The maximum Gasteiger partial charge on any atom is 0.409 e. The molecule has 4 aromatic rings. The van der Waals surface area contributed by atoms with E-state index >= 15 is 0 Å². The minimum absolute atomic E-state index is 0.201. The van der Waals surface area contributed by atoms with Gasteiger partial charge in [0.25, 0.3) is 5.91 Å². The molecule has 2 amide bonds. The third-order valence-corrected chi connectivity index (χ3v) is 8.11. The Morgan fingerprint density at radius 3 is 2.48 bits per heavy atom. The van der Waals surface area contributed by atoms with Gasteiger partial charge in [0.15, 0.2) is 11.5 Å². The van der Waals surface area contributed by atoms with E-state index in [-0.39, 0.29) is 15.7 Å². The van der Waals surface area contributed by atoms with E-state index in [1.807, 2.05) is 29.2 Å². The maximum absolute atomic E-state index is 14.4. The first-order chi connectivity index (χ1) is 21.1. The van der Waals surface area contributed by atoms with Crippen LogP contribution in [0.1, 0.15) is 28.9 Å². The molecule has 44 heavy (non-hydrogen) atoms. The minimum Gasteiger partial charge on any atom is -0.497 e. The number of aromatic nitrogens is 3. The van der Waals surface area contributed by atoms with Crippen LogP contribution < -0.4 is 20.3 Å². The molecule has 2 unspecified atom stereocenters. The lowest BCUT2D eigenvalue weighted by Crippen LogP contribution is -2.29. The molecular formula is C29H30F2N6O6S. The van der Waals surface area contributed by atoms with Crippen molar-refractivity contribution in [2.24, 2.45) is 7.05 Å². The molecule has 12 nitrogen and oxygen atoms in total. The summed E-state index contributed by atoms with van der Waals surface area (Å²) < 4.78 is 41.7. The second kappa shape index (κ2) is 13.4. The number of nitrogens with one attached hydrogen (secondary N) is 2. The van der Waals surface area contributed by atoms with Gasteiger partial charge >= 0.3 is 6.09 Å². The summed E-state index contributed by atoms with van der Waals surface area (Å²) in [5.41, 5.74) is 0.412. The Morgan fingerprint density at radius 1 is 1.09 bits per heavy atom. The molecule has 0 bridgehead atoms. The minimum atomic E-state index is -1.47. The molecule has 0 aliphatic carbocycles. The topological polar surface area (TPSA) is 151 Å². The lowest BCUT2D eigenvalue weighted by Gasteiger charge is -2.24. The number of benzene rings is 2. The van der Waals surface area contributed by atoms with E-state index in [4.69, 9.17) is 9.47 Å². The SMILES string of the molecule is COc1ccc(COC2CCN(c3c(NC(=O)c4nc(-c5c(F)cccc5F)sc4NC(=O)O)cnn3C)CCC2O)cc1. The average Bonchev–Trinajstić information content (AvgIpc) is 3.51. The van der Waals surface area contributed by atoms with Gasteiger partial charge in [0.05, 0.1) is 37.7 Å². The van der Waals surface area contributed by atoms with E-state index in [1.54, 1.807) is 18.8 Å². The van der Waals surface area contributed by atoms with Crippen molar-refractivity contribution in [3.05, 3.63) is 71.6 Å². The highest BCUT2D eigenvalue weighted by molar-refractivity contribution is 7.19. The molecule has 0 saturated carbocycles. The van der Waals surface area contributed by atoms with Crippen LogP contribution in [-0.4, -0.2) is 69.4 Å². The van der Waals surface area contributed by atoms with Crippen molar-refractivity contribution in [3.8, 4) is 16.3 Å². The van der Waals surface area contributed by atoms with E-state index in [9.17, 15) is 28.6 Å². The van der Waals surface area contributed by atoms with Crippen molar-refractivity contribution in [2.45, 2.75) is 31.7 Å². The molecule has 232 valence electrons. The summed E-state index contributed by atoms with van der Waals surface area (Å²) in [5.74, 6) is -1.34. The van der Waals surface area contributed by atoms with Gasteiger partial charge in [0.2, 0.25) is 0 Å². The van der Waals surface area contributed by atoms with Crippen LogP contribution in [0.4, 0.5) is 30.1 Å². The third kappa shape index (κ3) is 6.79. The highest BCUT2D eigenvalue weighted by atomic mass is 32.1. The number of hydrogen-bond donors (Lipinski definition) is 4. The number of halogens is 2. The maximum atomic E-state index is 14.4. The van der Waals surface area contributed by atoms with E-state index in [0.717, 1.165) is 23.4 Å². The largest absolute Gasteiger partial charge is 0.497 e. The highest BCUT2D eigenvalue weighted by Crippen LogP contribution is 2.36. The number of aliphatic hydroxyl groups excluding tert-OH is 1. The highest BCUT2D eigenvalue weighted by Gasteiger charge is 2.30. The zero-order chi connectivity index (χ0) is 31.4. The summed E-state index contributed by atoms with van der Waals surface area (Å²) in [7, 11) is 3.29. The van der Waals surface area contributed by atoms with E-state index < -0.39 is 41.4 Å². The number of aryl methyl sites for hydroxylation is 1. The number of carboxylic acid groups (broad SMARTS) is 1. The molecule has 1 fully saturated rings. The van der Waals surface area contributed by atoms with Crippen LogP contribution in [-0.2, 0) is 18.4 Å². The molecule has 5 rings (SSSR count). The molecule has 4 N–H and O–H groups in total. The Kier molecular flexibility index (Phi) is 9.37. The molecule has 3 heterocycles. The van der Waals surface area contributed by atoms with Crippen molar-refractivity contribution in [1.29, 1.82) is 0 Å².